The van der Waals surface area contributed by atoms with Gasteiger partial charge in [0.1, 0.15) is 5.69 Å². The predicted molar refractivity (Wildman–Crippen MR) is 148 cm³/mol. The van der Waals surface area contributed by atoms with E-state index in [0.29, 0.717) is 43.3 Å². The summed E-state index contributed by atoms with van der Waals surface area (Å²) in [5, 5.41) is 16.1. The molecular formula is C28H20Cl4N4O. The second kappa shape index (κ2) is 9.48. The number of halogens is 4. The van der Waals surface area contributed by atoms with Crippen molar-refractivity contribution in [3.63, 3.8) is 0 Å². The van der Waals surface area contributed by atoms with Crippen LogP contribution < -0.4 is 0 Å². The van der Waals surface area contributed by atoms with Gasteiger partial charge in [0.2, 0.25) is 5.89 Å². The molecule has 0 aliphatic heterocycles. The number of para-hydroxylation sites is 1. The van der Waals surface area contributed by atoms with Gasteiger partial charge in [0.05, 0.1) is 21.2 Å². The molecule has 0 amide bonds. The molecule has 5 nitrogen and oxygen atoms in total. The van der Waals surface area contributed by atoms with Crippen LogP contribution in [-0.4, -0.2) is 20.0 Å². The number of hydrogen-bond acceptors (Lipinski definition) is 4. The van der Waals surface area contributed by atoms with Crippen LogP contribution in [0.2, 0.25) is 20.1 Å². The van der Waals surface area contributed by atoms with Gasteiger partial charge in [0, 0.05) is 21.2 Å². The van der Waals surface area contributed by atoms with E-state index in [0.717, 1.165) is 41.6 Å². The molecule has 2 aromatic heterocycles. The topological polar surface area (TPSA) is 56.7 Å². The zero-order valence-corrected chi connectivity index (χ0v) is 22.7. The van der Waals surface area contributed by atoms with Crippen molar-refractivity contribution < 1.29 is 4.42 Å². The van der Waals surface area contributed by atoms with E-state index < -0.39 is 0 Å². The van der Waals surface area contributed by atoms with Gasteiger partial charge in [-0.25, -0.2) is 4.68 Å². The molecule has 3 aromatic carbocycles. The highest BCUT2D eigenvalue weighted by Crippen LogP contribution is 2.49. The van der Waals surface area contributed by atoms with Gasteiger partial charge in [-0.2, -0.15) is 5.10 Å². The van der Waals surface area contributed by atoms with E-state index >= 15 is 0 Å². The van der Waals surface area contributed by atoms with E-state index in [4.69, 9.17) is 55.9 Å². The fraction of sp³-hybridized carbons (Fsp3) is 0.179. The monoisotopic (exact) mass is 568 g/mol. The third-order valence-corrected chi connectivity index (χ3v) is 8.14. The molecule has 0 bridgehead atoms. The quantitative estimate of drug-likeness (QED) is 0.212. The molecule has 37 heavy (non-hydrogen) atoms. The Morgan fingerprint density at radius 2 is 1.43 bits per heavy atom. The van der Waals surface area contributed by atoms with E-state index in [2.05, 4.69) is 10.2 Å². The van der Waals surface area contributed by atoms with Crippen molar-refractivity contribution >= 4 is 46.4 Å². The summed E-state index contributed by atoms with van der Waals surface area (Å²) in [6.45, 7) is 1.97. The third-order valence-electron chi connectivity index (χ3n) is 7.03. The molecule has 0 atom stereocenters. The molecule has 0 saturated heterocycles. The lowest BCUT2D eigenvalue weighted by Gasteiger charge is -2.39. The van der Waals surface area contributed by atoms with Crippen molar-refractivity contribution in [3.8, 4) is 28.5 Å². The first-order valence-corrected chi connectivity index (χ1v) is 13.3. The van der Waals surface area contributed by atoms with Crippen LogP contribution in [0.3, 0.4) is 0 Å². The summed E-state index contributed by atoms with van der Waals surface area (Å²) < 4.78 is 8.08. The standard InChI is InChI=1S/C28H20Cl4N4O/c1-16-23(26-33-34-27(37-26)28(14-3-15-28)18-8-12-20(30)13-9-18)35-36(25-21(31)4-2-5-22(25)32)24(16)17-6-10-19(29)11-7-17/h2,4-13H,3,14-15H2,1H3. The summed E-state index contributed by atoms with van der Waals surface area (Å²) in [6.07, 6.45) is 2.93. The Kier molecular flexibility index (Phi) is 6.28. The van der Waals surface area contributed by atoms with Crippen molar-refractivity contribution in [1.29, 1.82) is 0 Å². The lowest BCUT2D eigenvalue weighted by molar-refractivity contribution is 0.241. The molecule has 0 radical (unpaired) electrons. The van der Waals surface area contributed by atoms with Crippen molar-refractivity contribution in [1.82, 2.24) is 20.0 Å². The highest BCUT2D eigenvalue weighted by Gasteiger charge is 2.45. The average Bonchev–Trinajstić information content (AvgIpc) is 3.45. The van der Waals surface area contributed by atoms with Gasteiger partial charge in [0.25, 0.3) is 5.89 Å². The van der Waals surface area contributed by atoms with Gasteiger partial charge < -0.3 is 4.42 Å². The smallest absolute Gasteiger partial charge is 0.268 e. The molecule has 1 fully saturated rings. The zero-order chi connectivity index (χ0) is 25.7. The molecular weight excluding hydrogens is 550 g/mol. The van der Waals surface area contributed by atoms with E-state index in [1.807, 2.05) is 55.5 Å². The molecule has 1 aliphatic carbocycles. The maximum atomic E-state index is 6.60. The van der Waals surface area contributed by atoms with Crippen molar-refractivity contribution in [2.24, 2.45) is 0 Å². The highest BCUT2D eigenvalue weighted by molar-refractivity contribution is 6.37. The lowest BCUT2D eigenvalue weighted by atomic mass is 9.64. The molecule has 5 aromatic rings. The van der Waals surface area contributed by atoms with E-state index in [9.17, 15) is 0 Å². The highest BCUT2D eigenvalue weighted by atomic mass is 35.5. The first-order valence-electron chi connectivity index (χ1n) is 11.8. The van der Waals surface area contributed by atoms with Crippen LogP contribution in [0, 0.1) is 6.92 Å². The zero-order valence-electron chi connectivity index (χ0n) is 19.7. The number of benzene rings is 3. The molecule has 6 rings (SSSR count). The second-order valence-corrected chi connectivity index (χ2v) is 10.9. The summed E-state index contributed by atoms with van der Waals surface area (Å²) in [4.78, 5) is 0. The van der Waals surface area contributed by atoms with Gasteiger partial charge >= 0.3 is 0 Å². The van der Waals surface area contributed by atoms with Crippen molar-refractivity contribution in [3.05, 3.63) is 104 Å². The maximum Gasteiger partial charge on any atom is 0.268 e. The molecule has 186 valence electrons. The first-order chi connectivity index (χ1) is 17.9. The van der Waals surface area contributed by atoms with Gasteiger partial charge in [-0.3, -0.25) is 0 Å². The van der Waals surface area contributed by atoms with E-state index in [-0.39, 0.29) is 5.41 Å². The number of rotatable bonds is 5. The van der Waals surface area contributed by atoms with Gasteiger partial charge in [-0.1, -0.05) is 83.2 Å². The van der Waals surface area contributed by atoms with Crippen LogP contribution in [-0.2, 0) is 5.41 Å². The van der Waals surface area contributed by atoms with Gasteiger partial charge in [0.15, 0.2) is 5.69 Å². The molecule has 0 N–H and O–H groups in total. The molecule has 2 heterocycles. The Labute approximate surface area is 234 Å². The summed E-state index contributed by atoms with van der Waals surface area (Å²) in [5.74, 6) is 0.915. The van der Waals surface area contributed by atoms with Crippen molar-refractivity contribution in [2.75, 3.05) is 0 Å². The van der Waals surface area contributed by atoms with E-state index in [1.54, 1.807) is 22.9 Å². The Bertz CT molecular complexity index is 1580. The molecule has 0 unspecified atom stereocenters. The minimum atomic E-state index is -0.322. The Hall–Kier alpha value is -2.83. The minimum Gasteiger partial charge on any atom is -0.418 e. The van der Waals surface area contributed by atoms with Crippen LogP contribution in [0.5, 0.6) is 0 Å². The molecule has 1 saturated carbocycles. The van der Waals surface area contributed by atoms with Gasteiger partial charge in [-0.15, -0.1) is 10.2 Å². The van der Waals surface area contributed by atoms with Crippen LogP contribution >= 0.6 is 46.4 Å². The van der Waals surface area contributed by atoms with E-state index in [1.165, 1.54) is 0 Å². The summed E-state index contributed by atoms with van der Waals surface area (Å²) in [7, 11) is 0. The Morgan fingerprint density at radius 1 is 0.811 bits per heavy atom. The molecule has 1 aliphatic rings. The minimum absolute atomic E-state index is 0.322. The largest absolute Gasteiger partial charge is 0.418 e. The third kappa shape index (κ3) is 4.15. The summed E-state index contributed by atoms with van der Waals surface area (Å²) in [5.41, 5.74) is 4.47. The van der Waals surface area contributed by atoms with Crippen LogP contribution in [0.15, 0.2) is 71.1 Å². The maximum absolute atomic E-state index is 6.60. The Morgan fingerprint density at radius 3 is 2.03 bits per heavy atom. The SMILES string of the molecule is Cc1c(-c2nnc(C3(c4ccc(Cl)cc4)CCC3)o2)nn(-c2c(Cl)cccc2Cl)c1-c1ccc(Cl)cc1. The van der Waals surface area contributed by atoms with Crippen LogP contribution in [0.1, 0.15) is 36.3 Å². The average molecular weight is 570 g/mol. The number of hydrogen-bond donors (Lipinski definition) is 0. The lowest BCUT2D eigenvalue weighted by Crippen LogP contribution is -2.35. The van der Waals surface area contributed by atoms with Crippen molar-refractivity contribution in [2.45, 2.75) is 31.6 Å². The second-order valence-electron chi connectivity index (χ2n) is 9.17. The number of aromatic nitrogens is 4. The fourth-order valence-corrected chi connectivity index (χ4v) is 5.75. The normalized spacial score (nSPS) is 14.5. The predicted octanol–water partition coefficient (Wildman–Crippen LogP) is 8.98. The molecule has 0 spiro atoms. The van der Waals surface area contributed by atoms with Gasteiger partial charge in [-0.05, 0) is 61.7 Å². The van der Waals surface area contributed by atoms with Crippen LogP contribution in [0.25, 0.3) is 28.5 Å². The Balaban J connectivity index is 1.50. The number of nitrogens with zero attached hydrogens (tertiary/aromatic N) is 4. The van der Waals surface area contributed by atoms with Crippen LogP contribution in [0.4, 0.5) is 0 Å². The summed E-state index contributed by atoms with van der Waals surface area (Å²) >= 11 is 25.5. The molecule has 9 heteroatoms. The summed E-state index contributed by atoms with van der Waals surface area (Å²) in [6, 6.07) is 20.7. The fourth-order valence-electron chi connectivity index (χ4n) is 4.94. The first kappa shape index (κ1) is 24.5.